The van der Waals surface area contributed by atoms with E-state index in [2.05, 4.69) is 35.5 Å². The molecule has 0 fully saturated rings. The van der Waals surface area contributed by atoms with E-state index in [0.717, 1.165) is 18.4 Å². The minimum absolute atomic E-state index is 0.0400. The van der Waals surface area contributed by atoms with Gasteiger partial charge in [-0.15, -0.1) is 0 Å². The van der Waals surface area contributed by atoms with Crippen molar-refractivity contribution in [3.8, 4) is 11.1 Å². The van der Waals surface area contributed by atoms with Gasteiger partial charge in [-0.1, -0.05) is 52.3 Å². The number of aromatic amines is 1. The Morgan fingerprint density at radius 2 is 1.81 bits per heavy atom. The van der Waals surface area contributed by atoms with Gasteiger partial charge in [0, 0.05) is 40.1 Å². The summed E-state index contributed by atoms with van der Waals surface area (Å²) in [6.07, 6.45) is 5.35. The van der Waals surface area contributed by atoms with Crippen LogP contribution in [0, 0.1) is 5.41 Å². The average molecular weight is 517 g/mol. The second-order valence-corrected chi connectivity index (χ2v) is 11.9. The van der Waals surface area contributed by atoms with E-state index in [0.29, 0.717) is 39.8 Å². The standard InChI is InChI=1S/C29H32N4O3S/c1-5-6-9-24(30)28(34)27-26(19-8-7-16-31-18-19)23-17-21(12-15-25(23)32-27)33-37(35,36)22-13-10-20(11-14-22)29(2,3)4/h7-8,10-18,30,32-33H,5-6,9H2,1-4H3. The van der Waals surface area contributed by atoms with Gasteiger partial charge in [0.2, 0.25) is 5.78 Å². The fraction of sp³-hybridized carbons (Fsp3) is 0.276. The molecule has 0 bridgehead atoms. The number of hydrogen-bond donors (Lipinski definition) is 3. The maximum atomic E-state index is 13.2. The van der Waals surface area contributed by atoms with Crippen LogP contribution in [0.2, 0.25) is 0 Å². The predicted octanol–water partition coefficient (Wildman–Crippen LogP) is 6.72. The highest BCUT2D eigenvalue weighted by atomic mass is 32.2. The first-order chi connectivity index (χ1) is 17.5. The number of aromatic nitrogens is 2. The summed E-state index contributed by atoms with van der Waals surface area (Å²) in [6, 6.07) is 15.6. The van der Waals surface area contributed by atoms with Crippen molar-refractivity contribution in [2.24, 2.45) is 0 Å². The topological polar surface area (TPSA) is 116 Å². The summed E-state index contributed by atoms with van der Waals surface area (Å²) < 4.78 is 29.0. The molecule has 2 aromatic heterocycles. The summed E-state index contributed by atoms with van der Waals surface area (Å²) in [6.45, 7) is 8.24. The number of hydrogen-bond acceptors (Lipinski definition) is 5. The third kappa shape index (κ3) is 5.64. The van der Waals surface area contributed by atoms with Crippen molar-refractivity contribution >= 4 is 38.1 Å². The summed E-state index contributed by atoms with van der Waals surface area (Å²) >= 11 is 0. The van der Waals surface area contributed by atoms with Gasteiger partial charge in [-0.2, -0.15) is 0 Å². The first-order valence-corrected chi connectivity index (χ1v) is 13.8. The number of sulfonamides is 1. The monoisotopic (exact) mass is 516 g/mol. The number of Topliss-reactive ketones (excluding diaryl/α,β-unsaturated/α-hetero) is 1. The number of ketones is 1. The van der Waals surface area contributed by atoms with Gasteiger partial charge in [-0.25, -0.2) is 8.42 Å². The van der Waals surface area contributed by atoms with Gasteiger partial charge in [-0.3, -0.25) is 14.5 Å². The normalized spacial score (nSPS) is 12.0. The molecule has 2 aromatic carbocycles. The number of unbranched alkanes of at least 4 members (excludes halogenated alkanes) is 1. The Balaban J connectivity index is 1.75. The average Bonchev–Trinajstić information content (AvgIpc) is 3.25. The molecule has 4 rings (SSSR count). The third-order valence-electron chi connectivity index (χ3n) is 6.31. The molecule has 7 nitrogen and oxygen atoms in total. The lowest BCUT2D eigenvalue weighted by Gasteiger charge is -2.19. The first-order valence-electron chi connectivity index (χ1n) is 12.3. The van der Waals surface area contributed by atoms with Crippen molar-refractivity contribution < 1.29 is 13.2 Å². The molecule has 0 saturated carbocycles. The highest BCUT2D eigenvalue weighted by Crippen LogP contribution is 2.35. The second-order valence-electron chi connectivity index (χ2n) is 10.2. The van der Waals surface area contributed by atoms with E-state index in [-0.39, 0.29) is 21.8 Å². The van der Waals surface area contributed by atoms with E-state index in [4.69, 9.17) is 5.41 Å². The van der Waals surface area contributed by atoms with Crippen LogP contribution in [0.3, 0.4) is 0 Å². The van der Waals surface area contributed by atoms with Gasteiger partial charge in [0.15, 0.2) is 0 Å². The molecule has 8 heteroatoms. The second kappa shape index (κ2) is 10.3. The SMILES string of the molecule is CCCCC(=N)C(=O)c1[nH]c2ccc(NS(=O)(=O)c3ccc(C(C)(C)C)cc3)cc2c1-c1cccnc1. The molecule has 3 N–H and O–H groups in total. The van der Waals surface area contributed by atoms with Crippen molar-refractivity contribution in [1.29, 1.82) is 5.41 Å². The lowest BCUT2D eigenvalue weighted by molar-refractivity contribution is 0.105. The molecule has 0 spiro atoms. The van der Waals surface area contributed by atoms with Gasteiger partial charge in [-0.05, 0) is 60.2 Å². The first kappa shape index (κ1) is 26.3. The molecule has 192 valence electrons. The molecule has 0 saturated heterocycles. The number of H-pyrrole nitrogens is 1. The fourth-order valence-corrected chi connectivity index (χ4v) is 5.25. The maximum Gasteiger partial charge on any atom is 0.261 e. The van der Waals surface area contributed by atoms with Gasteiger partial charge in [0.1, 0.15) is 0 Å². The minimum atomic E-state index is -3.83. The maximum absolute atomic E-state index is 13.2. The molecule has 4 aromatic rings. The van der Waals surface area contributed by atoms with E-state index in [9.17, 15) is 13.2 Å². The summed E-state index contributed by atoms with van der Waals surface area (Å²) in [4.78, 5) is 20.8. The van der Waals surface area contributed by atoms with Gasteiger partial charge in [0.05, 0.1) is 16.3 Å². The molecule has 0 atom stereocenters. The number of nitrogens with one attached hydrogen (secondary N) is 3. The Morgan fingerprint density at radius 3 is 2.43 bits per heavy atom. The fourth-order valence-electron chi connectivity index (χ4n) is 4.20. The lowest BCUT2D eigenvalue weighted by atomic mass is 9.87. The van der Waals surface area contributed by atoms with Crippen LogP contribution in [-0.2, 0) is 15.4 Å². The molecule has 0 radical (unpaired) electrons. The minimum Gasteiger partial charge on any atom is -0.351 e. The zero-order valence-corrected chi connectivity index (χ0v) is 22.4. The molecule has 0 amide bonds. The largest absolute Gasteiger partial charge is 0.351 e. The summed E-state index contributed by atoms with van der Waals surface area (Å²) in [5.41, 5.74) is 3.66. The Bertz CT molecular complexity index is 1550. The highest BCUT2D eigenvalue weighted by molar-refractivity contribution is 7.92. The van der Waals surface area contributed by atoms with E-state index in [1.807, 2.05) is 25.1 Å². The van der Waals surface area contributed by atoms with Crippen molar-refractivity contribution in [1.82, 2.24) is 9.97 Å². The van der Waals surface area contributed by atoms with E-state index in [1.165, 1.54) is 0 Å². The summed E-state index contributed by atoms with van der Waals surface area (Å²) in [5, 5.41) is 8.97. The number of nitrogens with zero attached hydrogens (tertiary/aromatic N) is 1. The summed E-state index contributed by atoms with van der Waals surface area (Å²) in [7, 11) is -3.83. The quantitative estimate of drug-likeness (QED) is 0.169. The molecule has 37 heavy (non-hydrogen) atoms. The number of benzene rings is 2. The third-order valence-corrected chi connectivity index (χ3v) is 7.71. The van der Waals surface area contributed by atoms with Crippen LogP contribution in [0.15, 0.2) is 71.9 Å². The van der Waals surface area contributed by atoms with Crippen molar-refractivity contribution in [3.63, 3.8) is 0 Å². The predicted molar refractivity (Wildman–Crippen MR) is 149 cm³/mol. The zero-order valence-electron chi connectivity index (χ0n) is 21.6. The Kier molecular flexibility index (Phi) is 7.32. The molecule has 0 aliphatic heterocycles. The van der Waals surface area contributed by atoms with Gasteiger partial charge in [0.25, 0.3) is 10.0 Å². The molecule has 0 aliphatic carbocycles. The summed E-state index contributed by atoms with van der Waals surface area (Å²) in [5.74, 6) is -0.371. The number of anilines is 1. The van der Waals surface area contributed by atoms with Crippen LogP contribution in [0.5, 0.6) is 0 Å². The van der Waals surface area contributed by atoms with Gasteiger partial charge < -0.3 is 10.4 Å². The molecule has 0 unspecified atom stereocenters. The number of carbonyl (C=O) groups is 1. The number of rotatable bonds is 9. The molecule has 2 heterocycles. The zero-order chi connectivity index (χ0) is 26.8. The van der Waals surface area contributed by atoms with Gasteiger partial charge >= 0.3 is 0 Å². The number of fused-ring (bicyclic) bond motifs is 1. The smallest absolute Gasteiger partial charge is 0.261 e. The van der Waals surface area contributed by atoms with E-state index in [1.54, 1.807) is 48.8 Å². The van der Waals surface area contributed by atoms with Crippen LogP contribution < -0.4 is 4.72 Å². The molecular weight excluding hydrogens is 484 g/mol. The van der Waals surface area contributed by atoms with E-state index >= 15 is 0 Å². The van der Waals surface area contributed by atoms with Crippen molar-refractivity contribution in [2.45, 2.75) is 57.3 Å². The van der Waals surface area contributed by atoms with Crippen LogP contribution >= 0.6 is 0 Å². The molecule has 0 aliphatic rings. The Morgan fingerprint density at radius 1 is 1.08 bits per heavy atom. The lowest BCUT2D eigenvalue weighted by Crippen LogP contribution is -2.15. The number of pyridine rings is 1. The van der Waals surface area contributed by atoms with Crippen LogP contribution in [0.4, 0.5) is 5.69 Å². The van der Waals surface area contributed by atoms with E-state index < -0.39 is 10.0 Å². The van der Waals surface area contributed by atoms with Crippen LogP contribution in [0.25, 0.3) is 22.0 Å². The van der Waals surface area contributed by atoms with Crippen LogP contribution in [0.1, 0.15) is 63.0 Å². The number of carbonyl (C=O) groups excluding carboxylic acids is 1. The molecular formula is C29H32N4O3S. The van der Waals surface area contributed by atoms with Crippen molar-refractivity contribution in [3.05, 3.63) is 78.2 Å². The Labute approximate surface area is 217 Å². The Hall–Kier alpha value is -3.78. The van der Waals surface area contributed by atoms with Crippen LogP contribution in [-0.4, -0.2) is 29.9 Å². The van der Waals surface area contributed by atoms with Crippen molar-refractivity contribution in [2.75, 3.05) is 4.72 Å². The highest BCUT2D eigenvalue weighted by Gasteiger charge is 2.23.